The molecule has 166 valence electrons. The zero-order chi connectivity index (χ0) is 22.0. The molecule has 0 spiro atoms. The number of Topliss-reactive ketones (excluding diaryl/α,β-unsaturated/α-hetero) is 1. The average molecular weight is 427 g/mol. The van der Waals surface area contributed by atoms with Crippen molar-refractivity contribution in [1.29, 1.82) is 0 Å². The predicted molar refractivity (Wildman–Crippen MR) is 119 cm³/mol. The van der Waals surface area contributed by atoms with Gasteiger partial charge in [-0.25, -0.2) is 9.97 Å². The lowest BCUT2D eigenvalue weighted by Crippen LogP contribution is -2.30. The first-order valence-corrected chi connectivity index (χ1v) is 11.2. The molecule has 0 saturated carbocycles. The molecule has 31 heavy (non-hydrogen) atoms. The lowest BCUT2D eigenvalue weighted by molar-refractivity contribution is -0.117. The summed E-state index contributed by atoms with van der Waals surface area (Å²) < 4.78 is 21.4. The van der Waals surface area contributed by atoms with Gasteiger partial charge >= 0.3 is 0 Å². The summed E-state index contributed by atoms with van der Waals surface area (Å²) in [5.74, 6) is 1.62. The number of anilines is 2. The second-order valence-electron chi connectivity index (χ2n) is 8.87. The van der Waals surface area contributed by atoms with Crippen LogP contribution < -0.4 is 14.5 Å². The fourth-order valence-corrected chi connectivity index (χ4v) is 4.65. The van der Waals surface area contributed by atoms with Gasteiger partial charge in [-0.2, -0.15) is 4.39 Å². The van der Waals surface area contributed by atoms with Crippen LogP contribution in [0.2, 0.25) is 0 Å². The van der Waals surface area contributed by atoms with Crippen LogP contribution >= 0.6 is 0 Å². The lowest BCUT2D eigenvalue weighted by atomic mass is 9.96. The van der Waals surface area contributed by atoms with Gasteiger partial charge < -0.3 is 19.3 Å². The molecule has 3 atom stereocenters. The summed E-state index contributed by atoms with van der Waals surface area (Å²) in [6.07, 6.45) is 4.91. The molecule has 2 aromatic rings. The number of ether oxygens (including phenoxy) is 1. The van der Waals surface area contributed by atoms with Gasteiger partial charge in [0.2, 0.25) is 5.82 Å². The maximum Gasteiger partial charge on any atom is 0.208 e. The van der Waals surface area contributed by atoms with E-state index in [1.807, 2.05) is 34.1 Å². The lowest BCUT2D eigenvalue weighted by Gasteiger charge is -2.25. The summed E-state index contributed by atoms with van der Waals surface area (Å²) >= 11 is 0. The van der Waals surface area contributed by atoms with Crippen LogP contribution in [0.3, 0.4) is 0 Å². The zero-order valence-corrected chi connectivity index (χ0v) is 18.6. The minimum Gasteiger partial charge on any atom is -0.489 e. The minimum atomic E-state index is -0.333. The van der Waals surface area contributed by atoms with E-state index in [1.165, 1.54) is 6.33 Å². The molecule has 0 N–H and O–H groups in total. The molecule has 1 aromatic carbocycles. The van der Waals surface area contributed by atoms with Crippen LogP contribution in [0, 0.1) is 5.82 Å². The molecule has 2 fully saturated rings. The van der Waals surface area contributed by atoms with Crippen LogP contribution in [0.5, 0.6) is 5.75 Å². The Morgan fingerprint density at radius 1 is 1.19 bits per heavy atom. The highest BCUT2D eigenvalue weighted by atomic mass is 19.1. The molecule has 0 aliphatic carbocycles. The minimum absolute atomic E-state index is 0.0241. The first-order chi connectivity index (χ1) is 14.9. The highest BCUT2D eigenvalue weighted by Crippen LogP contribution is 2.32. The number of benzene rings is 1. The van der Waals surface area contributed by atoms with Crippen molar-refractivity contribution in [3.05, 3.63) is 42.0 Å². The molecular weight excluding hydrogens is 395 g/mol. The molecule has 0 radical (unpaired) electrons. The second-order valence-corrected chi connectivity index (χ2v) is 8.87. The van der Waals surface area contributed by atoms with E-state index in [0.29, 0.717) is 37.2 Å². The maximum atomic E-state index is 15.2. The summed E-state index contributed by atoms with van der Waals surface area (Å²) in [7, 11) is 0. The van der Waals surface area contributed by atoms with Crippen molar-refractivity contribution in [2.75, 3.05) is 29.4 Å². The Balaban J connectivity index is 1.39. The van der Waals surface area contributed by atoms with Crippen molar-refractivity contribution >= 4 is 17.4 Å². The summed E-state index contributed by atoms with van der Waals surface area (Å²) in [4.78, 5) is 23.8. The molecule has 2 aliphatic rings. The van der Waals surface area contributed by atoms with E-state index >= 15 is 4.39 Å². The second kappa shape index (κ2) is 9.20. The number of nitrogens with zero attached hydrogens (tertiary/aromatic N) is 4. The fourth-order valence-electron chi connectivity index (χ4n) is 4.65. The van der Waals surface area contributed by atoms with Crippen molar-refractivity contribution in [2.24, 2.45) is 0 Å². The number of hydrogen-bond acceptors (Lipinski definition) is 6. The largest absolute Gasteiger partial charge is 0.489 e. The SMILES string of the molecule is CC(=O)C[C@@H](C)c1ccc(O[C@@H]2CCN(c3ncnc(N4CCC[C@@H]4C)c3F)C2)cc1. The summed E-state index contributed by atoms with van der Waals surface area (Å²) in [6, 6.07) is 8.24. The van der Waals surface area contributed by atoms with Crippen molar-refractivity contribution < 1.29 is 13.9 Å². The van der Waals surface area contributed by atoms with E-state index in [-0.39, 0.29) is 23.6 Å². The number of halogens is 1. The third-order valence-corrected chi connectivity index (χ3v) is 6.37. The Morgan fingerprint density at radius 2 is 1.94 bits per heavy atom. The van der Waals surface area contributed by atoms with Crippen LogP contribution in [0.1, 0.15) is 57.9 Å². The number of carbonyl (C=O) groups is 1. The predicted octanol–water partition coefficient (Wildman–Crippen LogP) is 4.34. The highest BCUT2D eigenvalue weighted by Gasteiger charge is 2.31. The molecule has 0 bridgehead atoms. The Kier molecular flexibility index (Phi) is 6.39. The number of carbonyl (C=O) groups excluding carboxylic acids is 1. The zero-order valence-electron chi connectivity index (χ0n) is 18.6. The number of ketones is 1. The summed E-state index contributed by atoms with van der Waals surface area (Å²) in [6.45, 7) is 7.91. The van der Waals surface area contributed by atoms with Crippen molar-refractivity contribution in [3.63, 3.8) is 0 Å². The standard InChI is InChI=1S/C24H31FN4O2/c1-16(13-18(3)30)19-6-8-20(9-7-19)31-21-10-12-28(14-21)23-22(25)24(27-15-26-23)29-11-4-5-17(29)2/h6-9,15-17,21H,4-5,10-14H2,1-3H3/t16-,17+,21-/m1/s1. The van der Waals surface area contributed by atoms with Gasteiger partial charge in [0.1, 0.15) is 24.0 Å². The fraction of sp³-hybridized carbons (Fsp3) is 0.542. The van der Waals surface area contributed by atoms with Gasteiger partial charge in [0.25, 0.3) is 0 Å². The molecule has 3 heterocycles. The Hall–Kier alpha value is -2.70. The van der Waals surface area contributed by atoms with Gasteiger partial charge in [0.05, 0.1) is 6.54 Å². The summed E-state index contributed by atoms with van der Waals surface area (Å²) in [5.41, 5.74) is 1.13. The van der Waals surface area contributed by atoms with Gasteiger partial charge in [-0.05, 0) is 50.3 Å². The normalized spacial score (nSPS) is 22.1. The number of rotatable bonds is 7. The van der Waals surface area contributed by atoms with Crippen LogP contribution in [-0.4, -0.2) is 47.5 Å². The molecule has 6 nitrogen and oxygen atoms in total. The molecule has 7 heteroatoms. The van der Waals surface area contributed by atoms with Gasteiger partial charge in [0, 0.05) is 32.0 Å². The van der Waals surface area contributed by atoms with Crippen molar-refractivity contribution in [1.82, 2.24) is 9.97 Å². The van der Waals surface area contributed by atoms with Crippen molar-refractivity contribution in [3.8, 4) is 5.75 Å². The monoisotopic (exact) mass is 426 g/mol. The van der Waals surface area contributed by atoms with Gasteiger partial charge in [-0.3, -0.25) is 0 Å². The van der Waals surface area contributed by atoms with E-state index in [1.54, 1.807) is 6.92 Å². The third kappa shape index (κ3) is 4.81. The molecule has 0 amide bonds. The van der Waals surface area contributed by atoms with Gasteiger partial charge in [-0.1, -0.05) is 19.1 Å². The van der Waals surface area contributed by atoms with Crippen LogP contribution in [0.25, 0.3) is 0 Å². The van der Waals surface area contributed by atoms with Crippen LogP contribution in [0.4, 0.5) is 16.0 Å². The third-order valence-electron chi connectivity index (χ3n) is 6.37. The Morgan fingerprint density at radius 3 is 2.61 bits per heavy atom. The first-order valence-electron chi connectivity index (χ1n) is 11.2. The molecule has 4 rings (SSSR count). The highest BCUT2D eigenvalue weighted by molar-refractivity contribution is 5.76. The average Bonchev–Trinajstić information content (AvgIpc) is 3.37. The molecule has 2 saturated heterocycles. The Bertz CT molecular complexity index is 920. The smallest absolute Gasteiger partial charge is 0.208 e. The first kappa shape index (κ1) is 21.5. The molecular formula is C24H31FN4O2. The molecule has 0 unspecified atom stereocenters. The topological polar surface area (TPSA) is 58.6 Å². The quantitative estimate of drug-likeness (QED) is 0.656. The van der Waals surface area contributed by atoms with Gasteiger partial charge in [0.15, 0.2) is 11.6 Å². The maximum absolute atomic E-state index is 15.2. The van der Waals surface area contributed by atoms with E-state index < -0.39 is 0 Å². The van der Waals surface area contributed by atoms with Gasteiger partial charge in [-0.15, -0.1) is 0 Å². The van der Waals surface area contributed by atoms with Crippen LogP contribution in [0.15, 0.2) is 30.6 Å². The summed E-state index contributed by atoms with van der Waals surface area (Å²) in [5, 5.41) is 0. The van der Waals surface area contributed by atoms with E-state index in [0.717, 1.165) is 37.1 Å². The number of hydrogen-bond donors (Lipinski definition) is 0. The Labute approximate surface area is 183 Å². The molecule has 2 aliphatic heterocycles. The van der Waals surface area contributed by atoms with E-state index in [2.05, 4.69) is 23.8 Å². The van der Waals surface area contributed by atoms with E-state index in [4.69, 9.17) is 4.74 Å². The molecule has 1 aromatic heterocycles. The van der Waals surface area contributed by atoms with Crippen molar-refractivity contribution in [2.45, 2.75) is 64.5 Å². The number of aromatic nitrogens is 2. The van der Waals surface area contributed by atoms with E-state index in [9.17, 15) is 4.79 Å². The van der Waals surface area contributed by atoms with Crippen LogP contribution in [-0.2, 0) is 4.79 Å².